The average molecular weight is 483 g/mol. The van der Waals surface area contributed by atoms with Crippen molar-refractivity contribution in [2.75, 3.05) is 11.9 Å². The number of nitrogens with one attached hydrogen (secondary N) is 1. The second-order valence-electron chi connectivity index (χ2n) is 7.92. The molecule has 0 spiro atoms. The molecular weight excluding hydrogens is 466 g/mol. The molecule has 1 aromatic heterocycles. The number of carbonyl (C=O) groups excluding carboxylic acids is 2. The third-order valence-corrected chi connectivity index (χ3v) is 5.57. The van der Waals surface area contributed by atoms with Gasteiger partial charge in [-0.1, -0.05) is 18.2 Å². The van der Waals surface area contributed by atoms with Gasteiger partial charge >= 0.3 is 6.18 Å². The summed E-state index contributed by atoms with van der Waals surface area (Å²) < 4.78 is 54.4. The van der Waals surface area contributed by atoms with Crippen LogP contribution in [0.1, 0.15) is 44.8 Å². The Bertz CT molecular complexity index is 1330. The number of anilines is 1. The fraction of sp³-hybridized carbons (Fsp3) is 0.208. The summed E-state index contributed by atoms with van der Waals surface area (Å²) >= 11 is 0. The normalized spacial score (nSPS) is 17.5. The molecule has 0 fully saturated rings. The van der Waals surface area contributed by atoms with E-state index in [0.717, 1.165) is 12.1 Å². The Balaban J connectivity index is 1.85. The molecule has 4 rings (SSSR count). The van der Waals surface area contributed by atoms with Gasteiger partial charge in [-0.05, 0) is 36.8 Å². The summed E-state index contributed by atoms with van der Waals surface area (Å²) in [5.41, 5.74) is 0.0760. The minimum absolute atomic E-state index is 0.0435. The van der Waals surface area contributed by atoms with Crippen molar-refractivity contribution in [3.05, 3.63) is 88.8 Å². The summed E-state index contributed by atoms with van der Waals surface area (Å²) in [6.07, 6.45) is -2.18. The Hall–Kier alpha value is -4.33. The van der Waals surface area contributed by atoms with Crippen molar-refractivity contribution in [3.63, 3.8) is 0 Å². The van der Waals surface area contributed by atoms with E-state index >= 15 is 0 Å². The van der Waals surface area contributed by atoms with E-state index < -0.39 is 42.3 Å². The number of nitriles is 1. The first-order valence-corrected chi connectivity index (χ1v) is 10.3. The van der Waals surface area contributed by atoms with Crippen molar-refractivity contribution in [2.24, 2.45) is 0 Å². The van der Waals surface area contributed by atoms with Gasteiger partial charge in [-0.15, -0.1) is 0 Å². The van der Waals surface area contributed by atoms with Gasteiger partial charge in [0.05, 0.1) is 17.5 Å². The number of hydrogen-bond donors (Lipinski definition) is 1. The third kappa shape index (κ3) is 4.82. The number of aryl methyl sites for hydroxylation is 1. The maximum atomic E-state index is 13.7. The summed E-state index contributed by atoms with van der Waals surface area (Å²) in [5, 5.41) is 11.6. The molecule has 178 valence electrons. The standard InChI is InChI=1S/C24H17F4N5O2/c1-13-30-10-15(11-31-13)21-20(22(34)32-16-6-7-19(25)14(8-16)9-29)17-4-2-3-5-18(17)23(35)33(21)12-24(26,27)28/h2-8,10-11,20-21H,12H2,1H3,(H,32,34)/t20-,21+/m0/s1. The van der Waals surface area contributed by atoms with Crippen molar-refractivity contribution in [3.8, 4) is 6.07 Å². The van der Waals surface area contributed by atoms with Crippen molar-refractivity contribution in [1.29, 1.82) is 5.26 Å². The molecule has 7 nitrogen and oxygen atoms in total. The number of halogens is 4. The van der Waals surface area contributed by atoms with E-state index in [0.29, 0.717) is 10.7 Å². The van der Waals surface area contributed by atoms with Gasteiger partial charge in [-0.3, -0.25) is 9.59 Å². The van der Waals surface area contributed by atoms with Crippen LogP contribution in [0.25, 0.3) is 0 Å². The summed E-state index contributed by atoms with van der Waals surface area (Å²) in [7, 11) is 0. The van der Waals surface area contributed by atoms with E-state index in [9.17, 15) is 27.2 Å². The summed E-state index contributed by atoms with van der Waals surface area (Å²) in [4.78, 5) is 35.4. The lowest BCUT2D eigenvalue weighted by atomic mass is 9.79. The van der Waals surface area contributed by atoms with Crippen molar-refractivity contribution in [2.45, 2.75) is 25.1 Å². The molecule has 1 aliphatic rings. The molecule has 2 aromatic carbocycles. The molecule has 11 heteroatoms. The lowest BCUT2D eigenvalue weighted by Crippen LogP contribution is -2.49. The minimum atomic E-state index is -4.74. The van der Waals surface area contributed by atoms with Crippen LogP contribution in [0.3, 0.4) is 0 Å². The van der Waals surface area contributed by atoms with Gasteiger partial charge in [0.15, 0.2) is 0 Å². The number of rotatable bonds is 4. The molecule has 1 N–H and O–H groups in total. The van der Waals surface area contributed by atoms with Crippen LogP contribution >= 0.6 is 0 Å². The fourth-order valence-corrected chi connectivity index (χ4v) is 4.08. The van der Waals surface area contributed by atoms with Gasteiger partial charge in [0.1, 0.15) is 24.3 Å². The van der Waals surface area contributed by atoms with Crippen molar-refractivity contribution < 1.29 is 27.2 Å². The first kappa shape index (κ1) is 23.8. The summed E-state index contributed by atoms with van der Waals surface area (Å²) in [6, 6.07) is 9.53. The van der Waals surface area contributed by atoms with E-state index in [1.165, 1.54) is 36.7 Å². The van der Waals surface area contributed by atoms with Crippen LogP contribution < -0.4 is 5.32 Å². The molecule has 0 saturated heterocycles. The van der Waals surface area contributed by atoms with Crippen molar-refractivity contribution >= 4 is 17.5 Å². The van der Waals surface area contributed by atoms with Crippen LogP contribution in [-0.2, 0) is 4.79 Å². The number of aromatic nitrogens is 2. The number of hydrogen-bond acceptors (Lipinski definition) is 5. The lowest BCUT2D eigenvalue weighted by molar-refractivity contribution is -0.148. The second kappa shape index (κ2) is 9.13. The zero-order valence-corrected chi connectivity index (χ0v) is 18.2. The predicted octanol–water partition coefficient (Wildman–Crippen LogP) is 4.28. The van der Waals surface area contributed by atoms with E-state index in [2.05, 4.69) is 15.3 Å². The monoisotopic (exact) mass is 483 g/mol. The van der Waals surface area contributed by atoms with Crippen LogP contribution in [0.5, 0.6) is 0 Å². The van der Waals surface area contributed by atoms with Gasteiger partial charge in [-0.2, -0.15) is 18.4 Å². The maximum absolute atomic E-state index is 13.7. The van der Waals surface area contributed by atoms with Gasteiger partial charge in [-0.25, -0.2) is 14.4 Å². The van der Waals surface area contributed by atoms with Gasteiger partial charge in [0.2, 0.25) is 5.91 Å². The average Bonchev–Trinajstić information content (AvgIpc) is 2.81. The molecular formula is C24H17F4N5O2. The summed E-state index contributed by atoms with van der Waals surface area (Å²) in [5.74, 6) is -3.35. The highest BCUT2D eigenvalue weighted by molar-refractivity contribution is 6.04. The molecule has 1 aliphatic heterocycles. The van der Waals surface area contributed by atoms with Gasteiger partial charge in [0, 0.05) is 29.2 Å². The minimum Gasteiger partial charge on any atom is -0.325 e. The second-order valence-corrected chi connectivity index (χ2v) is 7.92. The van der Waals surface area contributed by atoms with E-state index in [1.807, 2.05) is 0 Å². The Kier molecular flexibility index (Phi) is 6.22. The molecule has 0 unspecified atom stereocenters. The molecule has 3 aromatic rings. The number of nitrogens with zero attached hydrogens (tertiary/aromatic N) is 4. The Morgan fingerprint density at radius 2 is 1.86 bits per heavy atom. The highest BCUT2D eigenvalue weighted by atomic mass is 19.4. The summed E-state index contributed by atoms with van der Waals surface area (Å²) in [6.45, 7) is -0.0122. The van der Waals surface area contributed by atoms with Crippen molar-refractivity contribution in [1.82, 2.24) is 14.9 Å². The van der Waals surface area contributed by atoms with E-state index in [4.69, 9.17) is 5.26 Å². The Morgan fingerprint density at radius 3 is 2.51 bits per heavy atom. The van der Waals surface area contributed by atoms with Crippen LogP contribution in [-0.4, -0.2) is 39.4 Å². The number of carbonyl (C=O) groups is 2. The zero-order valence-electron chi connectivity index (χ0n) is 18.2. The maximum Gasteiger partial charge on any atom is 0.406 e. The fourth-order valence-electron chi connectivity index (χ4n) is 4.08. The van der Waals surface area contributed by atoms with Crippen LogP contribution in [0.2, 0.25) is 0 Å². The Morgan fingerprint density at radius 1 is 1.17 bits per heavy atom. The molecule has 0 aliphatic carbocycles. The number of fused-ring (bicyclic) bond motifs is 1. The quantitative estimate of drug-likeness (QED) is 0.559. The van der Waals surface area contributed by atoms with Crippen LogP contribution in [0.4, 0.5) is 23.2 Å². The number of benzene rings is 2. The first-order chi connectivity index (χ1) is 16.6. The van der Waals surface area contributed by atoms with Gasteiger partial charge in [0.25, 0.3) is 5.91 Å². The SMILES string of the molecule is Cc1ncc([C@@H]2[C@@H](C(=O)Nc3ccc(F)c(C#N)c3)c3ccccc3C(=O)N2CC(F)(F)F)cn1. The topological polar surface area (TPSA) is 99.0 Å². The van der Waals surface area contributed by atoms with Gasteiger partial charge < -0.3 is 10.2 Å². The number of amides is 2. The van der Waals surface area contributed by atoms with E-state index in [-0.39, 0.29) is 27.9 Å². The smallest absolute Gasteiger partial charge is 0.325 e. The first-order valence-electron chi connectivity index (χ1n) is 10.3. The number of alkyl halides is 3. The molecule has 0 radical (unpaired) electrons. The molecule has 0 saturated carbocycles. The van der Waals surface area contributed by atoms with Crippen LogP contribution in [0, 0.1) is 24.1 Å². The van der Waals surface area contributed by atoms with E-state index in [1.54, 1.807) is 19.1 Å². The molecule has 2 heterocycles. The third-order valence-electron chi connectivity index (χ3n) is 5.57. The zero-order chi connectivity index (χ0) is 25.3. The molecule has 2 amide bonds. The lowest BCUT2D eigenvalue weighted by Gasteiger charge is -2.41. The highest BCUT2D eigenvalue weighted by Crippen LogP contribution is 2.44. The largest absolute Gasteiger partial charge is 0.406 e. The predicted molar refractivity (Wildman–Crippen MR) is 116 cm³/mol. The highest BCUT2D eigenvalue weighted by Gasteiger charge is 2.48. The molecule has 0 bridgehead atoms. The molecule has 35 heavy (non-hydrogen) atoms. The van der Waals surface area contributed by atoms with Crippen LogP contribution in [0.15, 0.2) is 54.9 Å². The molecule has 2 atom stereocenters. The Labute approximate surface area is 197 Å².